The second-order valence-corrected chi connectivity index (χ2v) is 5.62. The SMILES string of the molecule is NCC1CC(I)CC1CI. The summed E-state index contributed by atoms with van der Waals surface area (Å²) in [5.74, 6) is 1.73. The van der Waals surface area contributed by atoms with Crippen molar-refractivity contribution in [1.29, 1.82) is 0 Å². The number of hydrogen-bond donors (Lipinski definition) is 1. The third-order valence-corrected chi connectivity index (χ3v) is 4.43. The van der Waals surface area contributed by atoms with Gasteiger partial charge in [0.15, 0.2) is 0 Å². The Kier molecular flexibility index (Phi) is 4.23. The predicted octanol–water partition coefficient (Wildman–Crippen LogP) is 2.21. The summed E-state index contributed by atoms with van der Waals surface area (Å²) in [7, 11) is 0. The maximum atomic E-state index is 5.66. The lowest BCUT2D eigenvalue weighted by atomic mass is 9.99. The zero-order valence-electron chi connectivity index (χ0n) is 5.89. The fourth-order valence-electron chi connectivity index (χ4n) is 1.62. The fourth-order valence-corrected chi connectivity index (χ4v) is 4.00. The summed E-state index contributed by atoms with van der Waals surface area (Å²) in [6.45, 7) is 0.896. The standard InChI is InChI=1S/C7H13I2N/c8-3-5-1-7(9)2-6(5)4-10/h5-7H,1-4,10H2. The molecule has 1 fully saturated rings. The lowest BCUT2D eigenvalue weighted by Gasteiger charge is -2.13. The Labute approximate surface area is 89.8 Å². The average molecular weight is 365 g/mol. The molecule has 0 aromatic rings. The Morgan fingerprint density at radius 2 is 1.90 bits per heavy atom. The van der Waals surface area contributed by atoms with Crippen LogP contribution in [0, 0.1) is 11.8 Å². The predicted molar refractivity (Wildman–Crippen MR) is 62.0 cm³/mol. The van der Waals surface area contributed by atoms with Crippen LogP contribution in [0.2, 0.25) is 0 Å². The van der Waals surface area contributed by atoms with Gasteiger partial charge in [-0.15, -0.1) is 0 Å². The summed E-state index contributed by atoms with van der Waals surface area (Å²) in [5, 5.41) is 0. The van der Waals surface area contributed by atoms with Crippen LogP contribution in [0.4, 0.5) is 0 Å². The largest absolute Gasteiger partial charge is 0.330 e. The molecule has 3 unspecified atom stereocenters. The van der Waals surface area contributed by atoms with Crippen molar-refractivity contribution in [2.75, 3.05) is 11.0 Å². The molecule has 1 nitrogen and oxygen atoms in total. The summed E-state index contributed by atoms with van der Waals surface area (Å²) in [5.41, 5.74) is 5.66. The Bertz CT molecular complexity index is 95.8. The van der Waals surface area contributed by atoms with Crippen molar-refractivity contribution in [3.8, 4) is 0 Å². The monoisotopic (exact) mass is 365 g/mol. The van der Waals surface area contributed by atoms with Gasteiger partial charge in [0.1, 0.15) is 0 Å². The maximum absolute atomic E-state index is 5.66. The summed E-state index contributed by atoms with van der Waals surface area (Å²) in [4.78, 5) is 0. The van der Waals surface area contributed by atoms with Gasteiger partial charge in [-0.2, -0.15) is 0 Å². The van der Waals surface area contributed by atoms with E-state index in [-0.39, 0.29) is 0 Å². The second kappa shape index (κ2) is 4.45. The quantitative estimate of drug-likeness (QED) is 0.590. The van der Waals surface area contributed by atoms with Crippen molar-refractivity contribution in [2.24, 2.45) is 17.6 Å². The first-order valence-corrected chi connectivity index (χ1v) is 6.45. The molecule has 0 aliphatic heterocycles. The Morgan fingerprint density at radius 3 is 2.30 bits per heavy atom. The van der Waals surface area contributed by atoms with Gasteiger partial charge in [0.25, 0.3) is 0 Å². The number of rotatable bonds is 2. The number of hydrogen-bond acceptors (Lipinski definition) is 1. The maximum Gasteiger partial charge on any atom is 0.0116 e. The molecular weight excluding hydrogens is 352 g/mol. The van der Waals surface area contributed by atoms with Crippen LogP contribution in [0.5, 0.6) is 0 Å². The highest BCUT2D eigenvalue weighted by molar-refractivity contribution is 14.1. The summed E-state index contributed by atoms with van der Waals surface area (Å²) >= 11 is 5.03. The molecule has 0 bridgehead atoms. The molecule has 0 aromatic heterocycles. The molecule has 60 valence electrons. The molecular formula is C7H13I2N. The summed E-state index contributed by atoms with van der Waals surface area (Å²) in [6, 6.07) is 0. The van der Waals surface area contributed by atoms with Gasteiger partial charge in [-0.1, -0.05) is 45.2 Å². The van der Waals surface area contributed by atoms with E-state index in [1.165, 1.54) is 17.3 Å². The third kappa shape index (κ3) is 2.20. The van der Waals surface area contributed by atoms with Crippen molar-refractivity contribution in [3.05, 3.63) is 0 Å². The Balaban J connectivity index is 2.41. The summed E-state index contributed by atoms with van der Waals surface area (Å²) in [6.07, 6.45) is 2.75. The van der Waals surface area contributed by atoms with Gasteiger partial charge in [-0.05, 0) is 31.2 Å². The molecule has 0 heterocycles. The smallest absolute Gasteiger partial charge is 0.0116 e. The van der Waals surface area contributed by atoms with Gasteiger partial charge in [-0.3, -0.25) is 0 Å². The molecule has 0 radical (unpaired) electrons. The molecule has 0 spiro atoms. The summed E-state index contributed by atoms with van der Waals surface area (Å²) < 4.78 is 2.19. The minimum absolute atomic E-state index is 0.818. The Morgan fingerprint density at radius 1 is 1.30 bits per heavy atom. The van der Waals surface area contributed by atoms with Gasteiger partial charge in [0.2, 0.25) is 0 Å². The van der Waals surface area contributed by atoms with Crippen molar-refractivity contribution >= 4 is 45.2 Å². The van der Waals surface area contributed by atoms with Crippen molar-refractivity contribution in [3.63, 3.8) is 0 Å². The number of alkyl halides is 2. The lowest BCUT2D eigenvalue weighted by molar-refractivity contribution is 0.441. The van der Waals surface area contributed by atoms with E-state index in [0.717, 1.165) is 22.3 Å². The van der Waals surface area contributed by atoms with Gasteiger partial charge in [-0.25, -0.2) is 0 Å². The van der Waals surface area contributed by atoms with Gasteiger partial charge >= 0.3 is 0 Å². The topological polar surface area (TPSA) is 26.0 Å². The van der Waals surface area contributed by atoms with Crippen LogP contribution in [0.3, 0.4) is 0 Å². The fraction of sp³-hybridized carbons (Fsp3) is 1.00. The highest BCUT2D eigenvalue weighted by Crippen LogP contribution is 2.36. The van der Waals surface area contributed by atoms with Crippen molar-refractivity contribution in [1.82, 2.24) is 0 Å². The van der Waals surface area contributed by atoms with Crippen LogP contribution in [0.25, 0.3) is 0 Å². The zero-order valence-corrected chi connectivity index (χ0v) is 10.2. The van der Waals surface area contributed by atoms with Crippen molar-refractivity contribution < 1.29 is 0 Å². The molecule has 1 aliphatic rings. The number of nitrogens with two attached hydrogens (primary N) is 1. The van der Waals surface area contributed by atoms with Gasteiger partial charge in [0.05, 0.1) is 0 Å². The van der Waals surface area contributed by atoms with E-state index in [2.05, 4.69) is 45.2 Å². The van der Waals surface area contributed by atoms with Gasteiger partial charge < -0.3 is 5.73 Å². The minimum atomic E-state index is 0.818. The molecule has 2 N–H and O–H groups in total. The molecule has 3 atom stereocenters. The van der Waals surface area contributed by atoms with E-state index in [0.29, 0.717) is 0 Å². The first-order valence-electron chi connectivity index (χ1n) is 3.68. The lowest BCUT2D eigenvalue weighted by Crippen LogP contribution is -2.19. The molecule has 0 saturated heterocycles. The van der Waals surface area contributed by atoms with Crippen LogP contribution in [0.1, 0.15) is 12.8 Å². The van der Waals surface area contributed by atoms with E-state index < -0.39 is 0 Å². The molecule has 1 saturated carbocycles. The van der Waals surface area contributed by atoms with Crippen LogP contribution in [-0.4, -0.2) is 14.9 Å². The van der Waals surface area contributed by atoms with Crippen LogP contribution in [0.15, 0.2) is 0 Å². The van der Waals surface area contributed by atoms with Crippen LogP contribution in [-0.2, 0) is 0 Å². The number of halogens is 2. The molecule has 10 heavy (non-hydrogen) atoms. The molecule has 1 rings (SSSR count). The van der Waals surface area contributed by atoms with Gasteiger partial charge in [0, 0.05) is 8.35 Å². The first kappa shape index (κ1) is 9.51. The van der Waals surface area contributed by atoms with Crippen LogP contribution >= 0.6 is 45.2 Å². The second-order valence-electron chi connectivity index (χ2n) is 2.98. The van der Waals surface area contributed by atoms with E-state index in [1.807, 2.05) is 0 Å². The minimum Gasteiger partial charge on any atom is -0.330 e. The molecule has 0 amide bonds. The van der Waals surface area contributed by atoms with E-state index >= 15 is 0 Å². The zero-order chi connectivity index (χ0) is 7.56. The highest BCUT2D eigenvalue weighted by atomic mass is 127. The normalized spacial score (nSPS) is 40.5. The van der Waals surface area contributed by atoms with Crippen LogP contribution < -0.4 is 5.73 Å². The first-order chi connectivity index (χ1) is 4.77. The molecule has 1 aliphatic carbocycles. The average Bonchev–Trinajstić information content (AvgIpc) is 2.30. The van der Waals surface area contributed by atoms with E-state index in [1.54, 1.807) is 0 Å². The Hall–Kier alpha value is 1.42. The highest BCUT2D eigenvalue weighted by Gasteiger charge is 2.30. The molecule has 0 aromatic carbocycles. The van der Waals surface area contributed by atoms with E-state index in [4.69, 9.17) is 5.73 Å². The third-order valence-electron chi connectivity index (χ3n) is 2.28. The van der Waals surface area contributed by atoms with Crippen molar-refractivity contribution in [2.45, 2.75) is 16.8 Å². The molecule has 3 heteroatoms. The van der Waals surface area contributed by atoms with E-state index in [9.17, 15) is 0 Å².